The highest BCUT2D eigenvalue weighted by atomic mass is 16.6. The third kappa shape index (κ3) is 7.13. The number of carbonyl (C=O) groups is 2. The molecule has 1 aromatic rings. The molecule has 6 nitrogen and oxygen atoms in total. The van der Waals surface area contributed by atoms with Gasteiger partial charge in [0.25, 0.3) is 5.91 Å². The van der Waals surface area contributed by atoms with Crippen LogP contribution in [0.4, 0.5) is 4.79 Å². The van der Waals surface area contributed by atoms with Gasteiger partial charge in [0.2, 0.25) is 0 Å². The number of nitrogens with one attached hydrogen (secondary N) is 2. The fraction of sp³-hybridized carbons (Fsp3) is 0.579. The molecule has 2 rings (SSSR count). The third-order valence-corrected chi connectivity index (χ3v) is 3.86. The van der Waals surface area contributed by atoms with Crippen molar-refractivity contribution >= 4 is 12.0 Å². The first-order valence-electron chi connectivity index (χ1n) is 8.76. The van der Waals surface area contributed by atoms with Gasteiger partial charge in [0.1, 0.15) is 5.60 Å². The smallest absolute Gasteiger partial charge is 0.407 e. The van der Waals surface area contributed by atoms with Gasteiger partial charge in [-0.15, -0.1) is 0 Å². The fourth-order valence-corrected chi connectivity index (χ4v) is 2.43. The summed E-state index contributed by atoms with van der Waals surface area (Å²) in [5.74, 6) is -0.448. The topological polar surface area (TPSA) is 87.7 Å². The van der Waals surface area contributed by atoms with E-state index in [0.29, 0.717) is 12.8 Å². The van der Waals surface area contributed by atoms with Crippen molar-refractivity contribution in [3.8, 4) is 0 Å². The van der Waals surface area contributed by atoms with Gasteiger partial charge >= 0.3 is 6.09 Å². The number of aryl methyl sites for hydroxylation is 1. The summed E-state index contributed by atoms with van der Waals surface area (Å²) in [6, 6.07) is 9.18. The van der Waals surface area contributed by atoms with Crippen LogP contribution in [-0.2, 0) is 16.0 Å². The monoisotopic (exact) mass is 348 g/mol. The van der Waals surface area contributed by atoms with Crippen LogP contribution in [0.25, 0.3) is 0 Å². The highest BCUT2D eigenvalue weighted by molar-refractivity contribution is 5.82. The predicted octanol–water partition coefficient (Wildman–Crippen LogP) is 2.15. The molecule has 3 N–H and O–H groups in total. The summed E-state index contributed by atoms with van der Waals surface area (Å²) in [6.45, 7) is 5.30. The molecule has 1 fully saturated rings. The molecule has 1 aliphatic carbocycles. The lowest BCUT2D eigenvalue weighted by Gasteiger charge is -2.26. The van der Waals surface area contributed by atoms with Gasteiger partial charge in [-0.3, -0.25) is 4.79 Å². The first-order valence-corrected chi connectivity index (χ1v) is 8.76. The Kier molecular flexibility index (Phi) is 6.42. The van der Waals surface area contributed by atoms with Gasteiger partial charge in [0.15, 0.2) is 6.10 Å². The van der Waals surface area contributed by atoms with Crippen LogP contribution in [0.3, 0.4) is 0 Å². The van der Waals surface area contributed by atoms with Crippen molar-refractivity contribution in [3.63, 3.8) is 0 Å². The lowest BCUT2D eigenvalue weighted by Crippen LogP contribution is -2.52. The van der Waals surface area contributed by atoms with Crippen molar-refractivity contribution < 1.29 is 19.4 Å². The average Bonchev–Trinajstić information content (AvgIpc) is 3.34. The van der Waals surface area contributed by atoms with Crippen molar-refractivity contribution in [2.75, 3.05) is 0 Å². The molecule has 6 heteroatoms. The fourth-order valence-electron chi connectivity index (χ4n) is 2.43. The maximum atomic E-state index is 12.2. The number of ether oxygens (including phenoxy) is 1. The van der Waals surface area contributed by atoms with E-state index in [9.17, 15) is 14.7 Å². The summed E-state index contributed by atoms with van der Waals surface area (Å²) in [5.41, 5.74) is 0.434. The Bertz CT molecular complexity index is 579. The number of rotatable bonds is 7. The molecule has 2 amide bonds. The molecule has 0 radical (unpaired) electrons. The summed E-state index contributed by atoms with van der Waals surface area (Å²) in [4.78, 5) is 24.2. The molecule has 0 aromatic heterocycles. The Morgan fingerprint density at radius 3 is 2.44 bits per heavy atom. The third-order valence-electron chi connectivity index (χ3n) is 3.86. The van der Waals surface area contributed by atoms with E-state index < -0.39 is 29.7 Å². The Hall–Kier alpha value is -2.08. The number of alkyl carbamates (subject to hydrolysis) is 1. The SMILES string of the molecule is CC(C)(C)OC(=O)N[C@@H](CCc1ccccc1)C(O)C(=O)NC1CC1. The van der Waals surface area contributed by atoms with Gasteiger partial charge in [-0.1, -0.05) is 30.3 Å². The van der Waals surface area contributed by atoms with Crippen molar-refractivity contribution in [3.05, 3.63) is 35.9 Å². The van der Waals surface area contributed by atoms with Crippen LogP contribution in [0.5, 0.6) is 0 Å². The van der Waals surface area contributed by atoms with Crippen LogP contribution in [0.2, 0.25) is 0 Å². The number of aliphatic hydroxyl groups excluding tert-OH is 1. The number of benzene rings is 1. The number of aliphatic hydroxyl groups is 1. The summed E-state index contributed by atoms with van der Waals surface area (Å²) in [7, 11) is 0. The zero-order valence-electron chi connectivity index (χ0n) is 15.1. The molecule has 2 atom stereocenters. The van der Waals surface area contributed by atoms with E-state index in [1.165, 1.54) is 0 Å². The Morgan fingerprint density at radius 2 is 1.88 bits per heavy atom. The van der Waals surface area contributed by atoms with Gasteiger partial charge in [-0.25, -0.2) is 4.79 Å². The van der Waals surface area contributed by atoms with Gasteiger partial charge in [0, 0.05) is 6.04 Å². The minimum absolute atomic E-state index is 0.151. The van der Waals surface area contributed by atoms with Crippen molar-refractivity contribution in [1.82, 2.24) is 10.6 Å². The van der Waals surface area contributed by atoms with Crippen molar-refractivity contribution in [2.24, 2.45) is 0 Å². The molecule has 0 bridgehead atoms. The van der Waals surface area contributed by atoms with Crippen LogP contribution >= 0.6 is 0 Å². The second-order valence-corrected chi connectivity index (χ2v) is 7.50. The second kappa shape index (κ2) is 8.34. The molecule has 1 aliphatic rings. The highest BCUT2D eigenvalue weighted by Crippen LogP contribution is 2.19. The van der Waals surface area contributed by atoms with Crippen molar-refractivity contribution in [1.29, 1.82) is 0 Å². The first-order chi connectivity index (χ1) is 11.7. The molecular formula is C19H28N2O4. The molecule has 0 spiro atoms. The zero-order chi connectivity index (χ0) is 18.4. The second-order valence-electron chi connectivity index (χ2n) is 7.50. The molecule has 1 aromatic carbocycles. The van der Waals surface area contributed by atoms with Crippen LogP contribution in [0, 0.1) is 0 Å². The average molecular weight is 348 g/mol. The molecule has 0 aliphatic heterocycles. The van der Waals surface area contributed by atoms with Crippen LogP contribution in [-0.4, -0.2) is 40.9 Å². The summed E-state index contributed by atoms with van der Waals surface area (Å²) < 4.78 is 5.25. The quantitative estimate of drug-likeness (QED) is 0.704. The lowest BCUT2D eigenvalue weighted by atomic mass is 10.0. The zero-order valence-corrected chi connectivity index (χ0v) is 15.1. The minimum Gasteiger partial charge on any atom is -0.444 e. The number of carbonyl (C=O) groups excluding carboxylic acids is 2. The maximum absolute atomic E-state index is 12.2. The Balaban J connectivity index is 1.98. The standard InChI is InChI=1S/C19H28N2O4/c1-19(2,3)25-18(24)21-15(12-9-13-7-5-4-6-8-13)16(22)17(23)20-14-10-11-14/h4-8,14-16,22H,9-12H2,1-3H3,(H,20,23)(H,21,24)/t15-,16?/m0/s1. The van der Waals surface area contributed by atoms with Crippen LogP contribution in [0.1, 0.15) is 45.6 Å². The molecular weight excluding hydrogens is 320 g/mol. The van der Waals surface area contributed by atoms with Crippen LogP contribution < -0.4 is 10.6 Å². The van der Waals surface area contributed by atoms with Gasteiger partial charge in [-0.05, 0) is 52.0 Å². The van der Waals surface area contributed by atoms with E-state index in [2.05, 4.69) is 10.6 Å². The number of hydrogen-bond donors (Lipinski definition) is 3. The van der Waals surface area contributed by atoms with E-state index in [4.69, 9.17) is 4.74 Å². The number of hydrogen-bond acceptors (Lipinski definition) is 4. The highest BCUT2D eigenvalue weighted by Gasteiger charge is 2.32. The molecule has 0 saturated heterocycles. The molecule has 0 heterocycles. The van der Waals surface area contributed by atoms with Gasteiger partial charge in [0.05, 0.1) is 6.04 Å². The molecule has 1 saturated carbocycles. The van der Waals surface area contributed by atoms with Gasteiger partial charge in [-0.2, -0.15) is 0 Å². The summed E-state index contributed by atoms with van der Waals surface area (Å²) in [5, 5.41) is 15.8. The molecule has 1 unspecified atom stereocenters. The largest absolute Gasteiger partial charge is 0.444 e. The van der Waals surface area contributed by atoms with Gasteiger partial charge < -0.3 is 20.5 Å². The Morgan fingerprint density at radius 1 is 1.24 bits per heavy atom. The minimum atomic E-state index is -1.31. The first kappa shape index (κ1) is 19.2. The molecule has 25 heavy (non-hydrogen) atoms. The maximum Gasteiger partial charge on any atom is 0.407 e. The molecule has 138 valence electrons. The number of amides is 2. The summed E-state index contributed by atoms with van der Waals surface area (Å²) in [6.07, 6.45) is 0.997. The normalized spacial score (nSPS) is 16.6. The van der Waals surface area contributed by atoms with E-state index in [1.807, 2.05) is 30.3 Å². The van der Waals surface area contributed by atoms with Crippen molar-refractivity contribution in [2.45, 2.75) is 70.2 Å². The van der Waals surface area contributed by atoms with E-state index in [-0.39, 0.29) is 6.04 Å². The lowest BCUT2D eigenvalue weighted by molar-refractivity contribution is -0.131. The predicted molar refractivity (Wildman–Crippen MR) is 95.1 cm³/mol. The Labute approximate surface area is 149 Å². The van der Waals surface area contributed by atoms with Crippen LogP contribution in [0.15, 0.2) is 30.3 Å². The van der Waals surface area contributed by atoms with E-state index in [0.717, 1.165) is 18.4 Å². The van der Waals surface area contributed by atoms with E-state index in [1.54, 1.807) is 20.8 Å². The summed E-state index contributed by atoms with van der Waals surface area (Å²) >= 11 is 0. The van der Waals surface area contributed by atoms with E-state index >= 15 is 0 Å².